The molecule has 0 fully saturated rings. The van der Waals surface area contributed by atoms with Crippen molar-refractivity contribution in [2.75, 3.05) is 0 Å². The average molecular weight is 312 g/mol. The van der Waals surface area contributed by atoms with Crippen molar-refractivity contribution < 1.29 is 22.3 Å². The van der Waals surface area contributed by atoms with Crippen LogP contribution in [0.25, 0.3) is 11.1 Å². The van der Waals surface area contributed by atoms with Crippen LogP contribution >= 0.6 is 0 Å². The molecule has 5 heteroatoms. The van der Waals surface area contributed by atoms with Crippen molar-refractivity contribution in [1.29, 1.82) is 0 Å². The second kappa shape index (κ2) is 5.63. The van der Waals surface area contributed by atoms with Crippen LogP contribution in [-0.2, 0) is 5.41 Å². The summed E-state index contributed by atoms with van der Waals surface area (Å²) in [6.07, 6.45) is -4.77. The van der Waals surface area contributed by atoms with Gasteiger partial charge < -0.3 is 4.74 Å². The molecular weight excluding hydrogens is 296 g/mol. The van der Waals surface area contributed by atoms with E-state index in [-0.39, 0.29) is 16.7 Å². The molecule has 0 saturated carbocycles. The molecule has 0 amide bonds. The lowest BCUT2D eigenvalue weighted by molar-refractivity contribution is -0.274. The van der Waals surface area contributed by atoms with E-state index in [0.29, 0.717) is 5.56 Å². The average Bonchev–Trinajstić information content (AvgIpc) is 2.36. The van der Waals surface area contributed by atoms with Crippen LogP contribution in [0, 0.1) is 5.82 Å². The Labute approximate surface area is 126 Å². The Bertz CT molecular complexity index is 669. The van der Waals surface area contributed by atoms with Crippen molar-refractivity contribution in [3.8, 4) is 16.9 Å². The Morgan fingerprint density at radius 2 is 1.59 bits per heavy atom. The molecular formula is C17H16F4O. The van der Waals surface area contributed by atoms with Crippen LogP contribution in [0.3, 0.4) is 0 Å². The zero-order valence-electron chi connectivity index (χ0n) is 12.5. The van der Waals surface area contributed by atoms with Crippen molar-refractivity contribution in [2.45, 2.75) is 32.5 Å². The number of hydrogen-bond acceptors (Lipinski definition) is 1. The molecule has 2 rings (SSSR count). The number of hydrogen-bond donors (Lipinski definition) is 0. The molecule has 0 radical (unpaired) electrons. The quantitative estimate of drug-likeness (QED) is 0.647. The summed E-state index contributed by atoms with van der Waals surface area (Å²) in [6, 6.07) is 9.97. The Balaban J connectivity index is 2.46. The highest BCUT2D eigenvalue weighted by Crippen LogP contribution is 2.32. The predicted octanol–water partition coefficient (Wildman–Crippen LogP) is 5.69. The second-order valence-electron chi connectivity index (χ2n) is 6.02. The molecule has 0 heterocycles. The molecule has 22 heavy (non-hydrogen) atoms. The first-order valence-corrected chi connectivity index (χ1v) is 6.72. The highest BCUT2D eigenvalue weighted by atomic mass is 19.4. The minimum absolute atomic E-state index is 0.192. The highest BCUT2D eigenvalue weighted by molar-refractivity contribution is 5.67. The van der Waals surface area contributed by atoms with Crippen LogP contribution in [0.4, 0.5) is 17.6 Å². The van der Waals surface area contributed by atoms with Crippen LogP contribution in [0.2, 0.25) is 0 Å². The Morgan fingerprint density at radius 1 is 0.909 bits per heavy atom. The van der Waals surface area contributed by atoms with E-state index in [1.54, 1.807) is 18.2 Å². The summed E-state index contributed by atoms with van der Waals surface area (Å²) in [5.41, 5.74) is 1.29. The van der Waals surface area contributed by atoms with Gasteiger partial charge in [0, 0.05) is 5.56 Å². The predicted molar refractivity (Wildman–Crippen MR) is 77.2 cm³/mol. The Morgan fingerprint density at radius 3 is 2.18 bits per heavy atom. The summed E-state index contributed by atoms with van der Waals surface area (Å²) in [6.45, 7) is 5.94. The normalized spacial score (nSPS) is 12.3. The molecule has 0 aliphatic rings. The number of rotatable bonds is 2. The van der Waals surface area contributed by atoms with E-state index in [4.69, 9.17) is 0 Å². The van der Waals surface area contributed by atoms with Gasteiger partial charge in [-0.25, -0.2) is 4.39 Å². The summed E-state index contributed by atoms with van der Waals surface area (Å²) < 4.78 is 54.8. The molecule has 1 nitrogen and oxygen atoms in total. The zero-order valence-corrected chi connectivity index (χ0v) is 12.5. The first-order chi connectivity index (χ1) is 10.1. The van der Waals surface area contributed by atoms with Gasteiger partial charge in [0.15, 0.2) is 0 Å². The molecule has 118 valence electrons. The minimum Gasteiger partial charge on any atom is -0.406 e. The van der Waals surface area contributed by atoms with Gasteiger partial charge in [0.25, 0.3) is 0 Å². The third kappa shape index (κ3) is 4.00. The van der Waals surface area contributed by atoms with Crippen molar-refractivity contribution in [3.63, 3.8) is 0 Å². The number of benzene rings is 2. The Hall–Kier alpha value is -2.04. The minimum atomic E-state index is -4.77. The Kier molecular flexibility index (Phi) is 4.18. The first-order valence-electron chi connectivity index (χ1n) is 6.72. The van der Waals surface area contributed by atoms with E-state index in [2.05, 4.69) is 4.74 Å². The standard InChI is InChI=1S/C17H16F4O/c1-16(2,3)12-7-8-15(18)14(10-12)11-5-4-6-13(9-11)22-17(19,20)21/h4-10H,1-3H3. The van der Waals surface area contributed by atoms with E-state index in [1.807, 2.05) is 20.8 Å². The van der Waals surface area contributed by atoms with Crippen LogP contribution in [0.5, 0.6) is 5.75 Å². The fraction of sp³-hybridized carbons (Fsp3) is 0.294. The van der Waals surface area contributed by atoms with Crippen molar-refractivity contribution in [3.05, 3.63) is 53.8 Å². The molecule has 0 aliphatic heterocycles. The van der Waals surface area contributed by atoms with Crippen LogP contribution in [0.15, 0.2) is 42.5 Å². The lowest BCUT2D eigenvalue weighted by Crippen LogP contribution is -2.17. The maximum atomic E-state index is 14.1. The summed E-state index contributed by atoms with van der Waals surface area (Å²) in [5.74, 6) is -0.859. The summed E-state index contributed by atoms with van der Waals surface area (Å²) in [5, 5.41) is 0. The topological polar surface area (TPSA) is 9.23 Å². The van der Waals surface area contributed by atoms with Gasteiger partial charge in [-0.15, -0.1) is 13.2 Å². The third-order valence-electron chi connectivity index (χ3n) is 3.21. The molecule has 2 aromatic rings. The first kappa shape index (κ1) is 16.3. The largest absolute Gasteiger partial charge is 0.573 e. The lowest BCUT2D eigenvalue weighted by Gasteiger charge is -2.20. The van der Waals surface area contributed by atoms with Gasteiger partial charge in [0.2, 0.25) is 0 Å². The van der Waals surface area contributed by atoms with E-state index in [0.717, 1.165) is 5.56 Å². The highest BCUT2D eigenvalue weighted by Gasteiger charge is 2.31. The summed E-state index contributed by atoms with van der Waals surface area (Å²) >= 11 is 0. The molecule has 0 spiro atoms. The fourth-order valence-corrected chi connectivity index (χ4v) is 2.07. The molecule has 0 aliphatic carbocycles. The van der Waals surface area contributed by atoms with Gasteiger partial charge in [-0.3, -0.25) is 0 Å². The van der Waals surface area contributed by atoms with Crippen LogP contribution in [-0.4, -0.2) is 6.36 Å². The van der Waals surface area contributed by atoms with E-state index >= 15 is 0 Å². The number of halogens is 4. The van der Waals surface area contributed by atoms with E-state index < -0.39 is 12.2 Å². The van der Waals surface area contributed by atoms with Gasteiger partial charge >= 0.3 is 6.36 Å². The van der Waals surface area contributed by atoms with Gasteiger partial charge in [0.05, 0.1) is 0 Å². The smallest absolute Gasteiger partial charge is 0.406 e. The van der Waals surface area contributed by atoms with Gasteiger partial charge in [-0.05, 0) is 40.8 Å². The maximum Gasteiger partial charge on any atom is 0.573 e. The zero-order chi connectivity index (χ0) is 16.5. The monoisotopic (exact) mass is 312 g/mol. The van der Waals surface area contributed by atoms with Crippen LogP contribution < -0.4 is 4.74 Å². The SMILES string of the molecule is CC(C)(C)c1ccc(F)c(-c2cccc(OC(F)(F)F)c2)c1. The third-order valence-corrected chi connectivity index (χ3v) is 3.21. The molecule has 0 saturated heterocycles. The lowest BCUT2D eigenvalue weighted by atomic mass is 9.85. The number of alkyl halides is 3. The van der Waals surface area contributed by atoms with E-state index in [9.17, 15) is 17.6 Å². The molecule has 0 atom stereocenters. The van der Waals surface area contributed by atoms with Crippen molar-refractivity contribution in [2.24, 2.45) is 0 Å². The van der Waals surface area contributed by atoms with E-state index in [1.165, 1.54) is 24.3 Å². The number of ether oxygens (including phenoxy) is 1. The maximum absolute atomic E-state index is 14.1. The van der Waals surface area contributed by atoms with Gasteiger partial charge in [-0.1, -0.05) is 39.0 Å². The second-order valence-corrected chi connectivity index (χ2v) is 6.02. The molecule has 0 bridgehead atoms. The van der Waals surface area contributed by atoms with Gasteiger partial charge in [-0.2, -0.15) is 0 Å². The molecule has 0 N–H and O–H groups in total. The fourth-order valence-electron chi connectivity index (χ4n) is 2.07. The molecule has 0 aromatic heterocycles. The van der Waals surface area contributed by atoms with Crippen LogP contribution in [0.1, 0.15) is 26.3 Å². The summed E-state index contributed by atoms with van der Waals surface area (Å²) in [7, 11) is 0. The van der Waals surface area contributed by atoms with Crippen molar-refractivity contribution in [1.82, 2.24) is 0 Å². The molecule has 2 aromatic carbocycles. The van der Waals surface area contributed by atoms with Crippen molar-refractivity contribution >= 4 is 0 Å². The molecule has 0 unspecified atom stereocenters. The van der Waals surface area contributed by atoms with Gasteiger partial charge in [0.1, 0.15) is 11.6 Å². The summed E-state index contributed by atoms with van der Waals surface area (Å²) in [4.78, 5) is 0.